The van der Waals surface area contributed by atoms with Crippen molar-refractivity contribution < 1.29 is 8.78 Å². The quantitative estimate of drug-likeness (QED) is 0.741. The van der Waals surface area contributed by atoms with Crippen molar-refractivity contribution >= 4 is 22.3 Å². The van der Waals surface area contributed by atoms with E-state index in [0.717, 1.165) is 23.1 Å². The van der Waals surface area contributed by atoms with E-state index in [-0.39, 0.29) is 22.5 Å². The van der Waals surface area contributed by atoms with Gasteiger partial charge in [-0.2, -0.15) is 5.26 Å². The molecule has 0 spiro atoms. The minimum absolute atomic E-state index is 0.0240. The molecule has 1 aromatic carbocycles. The minimum atomic E-state index is -0.668. The Hall–Kier alpha value is -3.05. The minimum Gasteiger partial charge on any atom is -0.383 e. The predicted octanol–water partition coefficient (Wildman–Crippen LogP) is 3.49. The van der Waals surface area contributed by atoms with Crippen molar-refractivity contribution in [2.24, 2.45) is 0 Å². The van der Waals surface area contributed by atoms with Crippen LogP contribution in [0.2, 0.25) is 0 Å². The number of rotatable bonds is 2. The summed E-state index contributed by atoms with van der Waals surface area (Å²) in [6, 6.07) is 6.36. The van der Waals surface area contributed by atoms with Gasteiger partial charge in [-0.15, -0.1) is 11.3 Å². The summed E-state index contributed by atoms with van der Waals surface area (Å²) in [7, 11) is 0. The molecule has 5 nitrogen and oxygen atoms in total. The Labute approximate surface area is 140 Å². The van der Waals surface area contributed by atoms with E-state index in [1.807, 2.05) is 13.0 Å². The number of nitrogens with zero attached hydrogens (tertiary/aromatic N) is 3. The van der Waals surface area contributed by atoms with Crippen molar-refractivity contribution in [3.05, 3.63) is 46.3 Å². The van der Waals surface area contributed by atoms with E-state index in [4.69, 9.17) is 11.5 Å². The Bertz CT molecular complexity index is 991. The second kappa shape index (κ2) is 5.86. The van der Waals surface area contributed by atoms with Crippen molar-refractivity contribution in [3.63, 3.8) is 0 Å². The number of halogens is 2. The standard InChI is InChI=1S/C16H11F2N5S/c1-7-14(23-16(21)24-7)13-5-9(11(6-19)15(20)22-13)10-4-8(17)2-3-12(10)18/h2-5H,1H3,(H2,20,22)(H2,21,23). The summed E-state index contributed by atoms with van der Waals surface area (Å²) in [5.74, 6) is -1.38. The molecular weight excluding hydrogens is 332 g/mol. The van der Waals surface area contributed by atoms with Crippen molar-refractivity contribution in [2.45, 2.75) is 6.92 Å². The normalized spacial score (nSPS) is 10.6. The van der Waals surface area contributed by atoms with Gasteiger partial charge in [0, 0.05) is 16.0 Å². The number of aromatic nitrogens is 2. The average molecular weight is 343 g/mol. The van der Waals surface area contributed by atoms with Gasteiger partial charge in [0.05, 0.1) is 5.69 Å². The van der Waals surface area contributed by atoms with E-state index in [0.29, 0.717) is 16.5 Å². The SMILES string of the molecule is Cc1sc(N)nc1-c1cc(-c2cc(F)ccc2F)c(C#N)c(N)n1. The molecule has 0 bridgehead atoms. The van der Waals surface area contributed by atoms with Crippen molar-refractivity contribution in [3.8, 4) is 28.6 Å². The Balaban J connectivity index is 2.31. The molecule has 0 saturated carbocycles. The van der Waals surface area contributed by atoms with Crippen LogP contribution in [0.25, 0.3) is 22.5 Å². The van der Waals surface area contributed by atoms with Crippen LogP contribution in [0.4, 0.5) is 19.7 Å². The first-order valence-corrected chi connectivity index (χ1v) is 7.61. The molecule has 0 radical (unpaired) electrons. The molecule has 8 heteroatoms. The molecule has 0 atom stereocenters. The maximum atomic E-state index is 14.2. The van der Waals surface area contributed by atoms with E-state index >= 15 is 0 Å². The largest absolute Gasteiger partial charge is 0.383 e. The average Bonchev–Trinajstić information content (AvgIpc) is 2.87. The first-order chi connectivity index (χ1) is 11.4. The zero-order valence-electron chi connectivity index (χ0n) is 12.5. The van der Waals surface area contributed by atoms with Gasteiger partial charge in [0.15, 0.2) is 5.13 Å². The lowest BCUT2D eigenvalue weighted by molar-refractivity contribution is 0.603. The van der Waals surface area contributed by atoms with Crippen LogP contribution >= 0.6 is 11.3 Å². The second-order valence-electron chi connectivity index (χ2n) is 5.01. The molecule has 3 rings (SSSR count). The fraction of sp³-hybridized carbons (Fsp3) is 0.0625. The van der Waals surface area contributed by atoms with Crippen LogP contribution in [-0.2, 0) is 0 Å². The molecule has 24 heavy (non-hydrogen) atoms. The van der Waals surface area contributed by atoms with Gasteiger partial charge in [0.25, 0.3) is 0 Å². The van der Waals surface area contributed by atoms with Gasteiger partial charge < -0.3 is 11.5 Å². The third-order valence-electron chi connectivity index (χ3n) is 3.43. The molecule has 0 aliphatic carbocycles. The number of hydrogen-bond donors (Lipinski definition) is 2. The first-order valence-electron chi connectivity index (χ1n) is 6.80. The number of pyridine rings is 1. The maximum Gasteiger partial charge on any atom is 0.180 e. The zero-order valence-corrected chi connectivity index (χ0v) is 13.3. The highest BCUT2D eigenvalue weighted by molar-refractivity contribution is 7.15. The highest BCUT2D eigenvalue weighted by Crippen LogP contribution is 2.35. The molecule has 0 aliphatic rings. The van der Waals surface area contributed by atoms with E-state index in [9.17, 15) is 14.0 Å². The predicted molar refractivity (Wildman–Crippen MR) is 89.0 cm³/mol. The van der Waals surface area contributed by atoms with Crippen LogP contribution in [0, 0.1) is 29.9 Å². The van der Waals surface area contributed by atoms with E-state index in [2.05, 4.69) is 9.97 Å². The number of hydrogen-bond acceptors (Lipinski definition) is 6. The highest BCUT2D eigenvalue weighted by atomic mass is 32.1. The molecule has 0 unspecified atom stereocenters. The van der Waals surface area contributed by atoms with Crippen molar-refractivity contribution in [2.75, 3.05) is 11.5 Å². The monoisotopic (exact) mass is 343 g/mol. The zero-order chi connectivity index (χ0) is 17.4. The van der Waals surface area contributed by atoms with Crippen LogP contribution in [0.1, 0.15) is 10.4 Å². The molecule has 2 aromatic heterocycles. The Morgan fingerprint density at radius 3 is 2.50 bits per heavy atom. The fourth-order valence-corrected chi connectivity index (χ4v) is 3.07. The highest BCUT2D eigenvalue weighted by Gasteiger charge is 2.19. The summed E-state index contributed by atoms with van der Waals surface area (Å²) in [5, 5.41) is 9.67. The Morgan fingerprint density at radius 1 is 1.12 bits per heavy atom. The maximum absolute atomic E-state index is 14.2. The Morgan fingerprint density at radius 2 is 1.88 bits per heavy atom. The van der Waals surface area contributed by atoms with Crippen LogP contribution in [0.3, 0.4) is 0 Å². The van der Waals surface area contributed by atoms with Gasteiger partial charge in [-0.3, -0.25) is 0 Å². The summed E-state index contributed by atoms with van der Waals surface area (Å²) in [6.45, 7) is 1.81. The number of nitrogen functional groups attached to an aromatic ring is 2. The fourth-order valence-electron chi connectivity index (χ4n) is 2.37. The third kappa shape index (κ3) is 2.66. The lowest BCUT2D eigenvalue weighted by atomic mass is 9.99. The molecule has 3 aromatic rings. The van der Waals surface area contributed by atoms with Gasteiger partial charge >= 0.3 is 0 Å². The van der Waals surface area contributed by atoms with E-state index in [1.54, 1.807) is 0 Å². The Kier molecular flexibility index (Phi) is 3.87. The number of thiazole rings is 1. The van der Waals surface area contributed by atoms with Crippen LogP contribution in [0.5, 0.6) is 0 Å². The summed E-state index contributed by atoms with van der Waals surface area (Å²) >= 11 is 1.27. The third-order valence-corrected chi connectivity index (χ3v) is 4.23. The first kappa shape index (κ1) is 15.8. The van der Waals surface area contributed by atoms with E-state index in [1.165, 1.54) is 17.4 Å². The number of anilines is 2. The summed E-state index contributed by atoms with van der Waals surface area (Å²) in [6.07, 6.45) is 0. The lowest BCUT2D eigenvalue weighted by Crippen LogP contribution is -2.01. The van der Waals surface area contributed by atoms with Crippen LogP contribution < -0.4 is 11.5 Å². The van der Waals surface area contributed by atoms with Crippen molar-refractivity contribution in [1.82, 2.24) is 9.97 Å². The smallest absolute Gasteiger partial charge is 0.180 e. The number of nitriles is 1. The molecule has 0 aliphatic heterocycles. The molecule has 0 fully saturated rings. The number of aryl methyl sites for hydroxylation is 1. The van der Waals surface area contributed by atoms with Gasteiger partial charge in [0.1, 0.15) is 34.8 Å². The summed E-state index contributed by atoms with van der Waals surface area (Å²) in [4.78, 5) is 9.13. The number of nitrogens with two attached hydrogens (primary N) is 2. The van der Waals surface area contributed by atoms with E-state index < -0.39 is 11.6 Å². The second-order valence-corrected chi connectivity index (χ2v) is 6.24. The van der Waals surface area contributed by atoms with Gasteiger partial charge in [0.2, 0.25) is 0 Å². The lowest BCUT2D eigenvalue weighted by Gasteiger charge is -2.10. The van der Waals surface area contributed by atoms with Crippen molar-refractivity contribution in [1.29, 1.82) is 5.26 Å². The topological polar surface area (TPSA) is 102 Å². The van der Waals surface area contributed by atoms with Crippen LogP contribution in [-0.4, -0.2) is 9.97 Å². The van der Waals surface area contributed by atoms with Gasteiger partial charge in [-0.1, -0.05) is 0 Å². The molecule has 0 saturated heterocycles. The molecule has 0 amide bonds. The van der Waals surface area contributed by atoms with Gasteiger partial charge in [-0.25, -0.2) is 18.7 Å². The van der Waals surface area contributed by atoms with Gasteiger partial charge in [-0.05, 0) is 31.2 Å². The molecule has 120 valence electrons. The van der Waals surface area contributed by atoms with Crippen LogP contribution in [0.15, 0.2) is 24.3 Å². The molecular formula is C16H11F2N5S. The summed E-state index contributed by atoms with van der Waals surface area (Å²) < 4.78 is 27.7. The summed E-state index contributed by atoms with van der Waals surface area (Å²) in [5.41, 5.74) is 12.4. The molecule has 4 N–H and O–H groups in total. The number of benzene rings is 1. The molecule has 2 heterocycles.